The lowest BCUT2D eigenvalue weighted by Gasteiger charge is -2.24. The number of anilines is 1. The number of benzene rings is 1. The Morgan fingerprint density at radius 3 is 2.47 bits per heavy atom. The number of nitrogens with zero attached hydrogens (tertiary/aromatic N) is 1. The molecule has 0 heterocycles. The first-order chi connectivity index (χ1) is 9.04. The normalized spacial score (nSPS) is 12.1. The zero-order valence-electron chi connectivity index (χ0n) is 12.7. The van der Waals surface area contributed by atoms with E-state index >= 15 is 0 Å². The van der Waals surface area contributed by atoms with Crippen LogP contribution in [0, 0.1) is 12.8 Å². The van der Waals surface area contributed by atoms with E-state index in [0.717, 1.165) is 42.3 Å². The van der Waals surface area contributed by atoms with Gasteiger partial charge in [0.2, 0.25) is 0 Å². The summed E-state index contributed by atoms with van der Waals surface area (Å²) < 4.78 is 10.8. The van der Waals surface area contributed by atoms with Gasteiger partial charge in [-0.15, -0.1) is 0 Å². The van der Waals surface area contributed by atoms with Gasteiger partial charge in [0.25, 0.3) is 0 Å². The van der Waals surface area contributed by atoms with Crippen molar-refractivity contribution in [3.05, 3.63) is 17.7 Å². The zero-order valence-corrected chi connectivity index (χ0v) is 12.7. The summed E-state index contributed by atoms with van der Waals surface area (Å²) in [5.41, 5.74) is 7.77. The standard InChI is InChI=1S/C15H26N2O2/c1-11(10-16)8-9-17(3)13-6-7-14(18-4)12(2)15(13)19-5/h6-7,11H,8-10,16H2,1-5H3. The monoisotopic (exact) mass is 266 g/mol. The lowest BCUT2D eigenvalue weighted by molar-refractivity contribution is 0.388. The Hall–Kier alpha value is -1.42. The number of rotatable bonds is 7. The third-order valence-corrected chi connectivity index (χ3v) is 3.53. The maximum absolute atomic E-state index is 5.66. The summed E-state index contributed by atoms with van der Waals surface area (Å²) in [5, 5.41) is 0. The predicted molar refractivity (Wildman–Crippen MR) is 80.4 cm³/mol. The molecule has 4 nitrogen and oxygen atoms in total. The molecule has 0 aliphatic rings. The molecule has 19 heavy (non-hydrogen) atoms. The Kier molecular flexibility index (Phi) is 5.96. The maximum Gasteiger partial charge on any atom is 0.148 e. The second-order valence-electron chi connectivity index (χ2n) is 5.00. The third kappa shape index (κ3) is 3.77. The molecule has 0 saturated heterocycles. The molecule has 1 aromatic carbocycles. The summed E-state index contributed by atoms with van der Waals surface area (Å²) in [7, 11) is 5.45. The molecule has 1 unspecified atom stereocenters. The summed E-state index contributed by atoms with van der Waals surface area (Å²) in [4.78, 5) is 2.21. The molecule has 0 aromatic heterocycles. The summed E-state index contributed by atoms with van der Waals surface area (Å²) in [6.45, 7) is 5.87. The van der Waals surface area contributed by atoms with E-state index < -0.39 is 0 Å². The van der Waals surface area contributed by atoms with Crippen LogP contribution < -0.4 is 20.1 Å². The van der Waals surface area contributed by atoms with E-state index in [2.05, 4.69) is 18.9 Å². The van der Waals surface area contributed by atoms with Crippen LogP contribution in [0.4, 0.5) is 5.69 Å². The Balaban J connectivity index is 2.90. The number of nitrogens with two attached hydrogens (primary N) is 1. The first-order valence-corrected chi connectivity index (χ1v) is 6.67. The van der Waals surface area contributed by atoms with Gasteiger partial charge in [0.15, 0.2) is 0 Å². The van der Waals surface area contributed by atoms with Gasteiger partial charge in [-0.2, -0.15) is 0 Å². The second kappa shape index (κ2) is 7.24. The Morgan fingerprint density at radius 1 is 1.26 bits per heavy atom. The van der Waals surface area contributed by atoms with Crippen molar-refractivity contribution in [1.29, 1.82) is 0 Å². The van der Waals surface area contributed by atoms with Crippen molar-refractivity contribution < 1.29 is 9.47 Å². The van der Waals surface area contributed by atoms with Crippen molar-refractivity contribution in [1.82, 2.24) is 0 Å². The Labute approximate surface area is 116 Å². The van der Waals surface area contributed by atoms with Crippen molar-refractivity contribution >= 4 is 5.69 Å². The van der Waals surface area contributed by atoms with E-state index in [-0.39, 0.29) is 0 Å². The van der Waals surface area contributed by atoms with Gasteiger partial charge in [-0.25, -0.2) is 0 Å². The second-order valence-corrected chi connectivity index (χ2v) is 5.00. The Morgan fingerprint density at radius 2 is 1.95 bits per heavy atom. The van der Waals surface area contributed by atoms with Gasteiger partial charge >= 0.3 is 0 Å². The summed E-state index contributed by atoms with van der Waals surface area (Å²) in [6.07, 6.45) is 1.07. The molecule has 1 rings (SSSR count). The largest absolute Gasteiger partial charge is 0.496 e. The third-order valence-electron chi connectivity index (χ3n) is 3.53. The number of hydrogen-bond acceptors (Lipinski definition) is 4. The molecule has 4 heteroatoms. The molecule has 2 N–H and O–H groups in total. The fraction of sp³-hybridized carbons (Fsp3) is 0.600. The highest BCUT2D eigenvalue weighted by Crippen LogP contribution is 2.36. The lowest BCUT2D eigenvalue weighted by Crippen LogP contribution is -2.23. The fourth-order valence-electron chi connectivity index (χ4n) is 2.09. The van der Waals surface area contributed by atoms with Crippen LogP contribution in [0.2, 0.25) is 0 Å². The van der Waals surface area contributed by atoms with Crippen LogP contribution in [0.1, 0.15) is 18.9 Å². The van der Waals surface area contributed by atoms with Gasteiger partial charge in [0, 0.05) is 19.2 Å². The van der Waals surface area contributed by atoms with Crippen molar-refractivity contribution in [2.24, 2.45) is 11.7 Å². The molecular weight excluding hydrogens is 240 g/mol. The van der Waals surface area contributed by atoms with Gasteiger partial charge in [-0.3, -0.25) is 0 Å². The minimum absolute atomic E-state index is 0.535. The van der Waals surface area contributed by atoms with Crippen LogP contribution in [0.5, 0.6) is 11.5 Å². The highest BCUT2D eigenvalue weighted by Gasteiger charge is 2.14. The minimum Gasteiger partial charge on any atom is -0.496 e. The highest BCUT2D eigenvalue weighted by molar-refractivity contribution is 5.65. The first-order valence-electron chi connectivity index (χ1n) is 6.67. The topological polar surface area (TPSA) is 47.7 Å². The summed E-state index contributed by atoms with van der Waals surface area (Å²) in [6, 6.07) is 4.02. The maximum atomic E-state index is 5.66. The van der Waals surface area contributed by atoms with Crippen LogP contribution in [0.15, 0.2) is 12.1 Å². The highest BCUT2D eigenvalue weighted by atomic mass is 16.5. The SMILES string of the molecule is COc1ccc(N(C)CCC(C)CN)c(OC)c1C. The van der Waals surface area contributed by atoms with Gasteiger partial charge in [0.05, 0.1) is 19.9 Å². The van der Waals surface area contributed by atoms with E-state index in [9.17, 15) is 0 Å². The zero-order chi connectivity index (χ0) is 14.4. The van der Waals surface area contributed by atoms with E-state index in [1.807, 2.05) is 19.1 Å². The number of methoxy groups -OCH3 is 2. The van der Waals surface area contributed by atoms with E-state index in [1.165, 1.54) is 0 Å². The van der Waals surface area contributed by atoms with Crippen molar-refractivity contribution in [2.45, 2.75) is 20.3 Å². The van der Waals surface area contributed by atoms with Crippen LogP contribution in [0.3, 0.4) is 0 Å². The van der Waals surface area contributed by atoms with Crippen LogP contribution in [-0.2, 0) is 0 Å². The average Bonchev–Trinajstić information content (AvgIpc) is 2.43. The van der Waals surface area contributed by atoms with Crippen LogP contribution >= 0.6 is 0 Å². The van der Waals surface area contributed by atoms with E-state index in [0.29, 0.717) is 5.92 Å². The number of ether oxygens (including phenoxy) is 2. The summed E-state index contributed by atoms with van der Waals surface area (Å²) in [5.74, 6) is 2.26. The van der Waals surface area contributed by atoms with Crippen LogP contribution in [0.25, 0.3) is 0 Å². The molecule has 0 saturated carbocycles. The molecule has 0 fully saturated rings. The molecule has 0 spiro atoms. The predicted octanol–water partition coefficient (Wildman–Crippen LogP) is 2.43. The minimum atomic E-state index is 0.535. The van der Waals surface area contributed by atoms with E-state index in [4.69, 9.17) is 15.2 Å². The van der Waals surface area contributed by atoms with Crippen molar-refractivity contribution in [3.8, 4) is 11.5 Å². The van der Waals surface area contributed by atoms with E-state index in [1.54, 1.807) is 14.2 Å². The summed E-state index contributed by atoms with van der Waals surface area (Å²) >= 11 is 0. The molecule has 0 amide bonds. The molecule has 0 aliphatic heterocycles. The molecular formula is C15H26N2O2. The molecule has 0 bridgehead atoms. The molecule has 1 aromatic rings. The quantitative estimate of drug-likeness (QED) is 0.823. The first kappa shape index (κ1) is 15.6. The number of hydrogen-bond donors (Lipinski definition) is 1. The van der Waals surface area contributed by atoms with Gasteiger partial charge in [0.1, 0.15) is 11.5 Å². The molecule has 0 radical (unpaired) electrons. The average molecular weight is 266 g/mol. The molecule has 0 aliphatic carbocycles. The van der Waals surface area contributed by atoms with Gasteiger partial charge < -0.3 is 20.1 Å². The van der Waals surface area contributed by atoms with Crippen molar-refractivity contribution in [2.75, 3.05) is 39.3 Å². The van der Waals surface area contributed by atoms with Gasteiger partial charge in [-0.05, 0) is 37.9 Å². The molecule has 108 valence electrons. The van der Waals surface area contributed by atoms with Crippen LogP contribution in [-0.4, -0.2) is 34.4 Å². The fourth-order valence-corrected chi connectivity index (χ4v) is 2.09. The lowest BCUT2D eigenvalue weighted by atomic mass is 10.1. The molecule has 1 atom stereocenters. The Bertz CT molecular complexity index is 407. The van der Waals surface area contributed by atoms with Gasteiger partial charge in [-0.1, -0.05) is 6.92 Å². The van der Waals surface area contributed by atoms with Crippen molar-refractivity contribution in [3.63, 3.8) is 0 Å². The smallest absolute Gasteiger partial charge is 0.148 e.